The molecule has 3 rings (SSSR count). The third kappa shape index (κ3) is 9.26. The monoisotopic (exact) mass is 568 g/mol. The van der Waals surface area contributed by atoms with Crippen LogP contribution in [0.2, 0.25) is 0 Å². The Morgan fingerprint density at radius 2 is 1.83 bits per heavy atom. The number of amides is 3. The topological polar surface area (TPSA) is 171 Å². The van der Waals surface area contributed by atoms with Gasteiger partial charge in [0.25, 0.3) is 5.91 Å². The van der Waals surface area contributed by atoms with E-state index < -0.39 is 42.2 Å². The second-order valence-electron chi connectivity index (χ2n) is 10.2. The molecule has 0 aliphatic rings. The zero-order chi connectivity index (χ0) is 30.0. The first kappa shape index (κ1) is 31.0. The lowest BCUT2D eigenvalue weighted by Gasteiger charge is -2.25. The summed E-state index contributed by atoms with van der Waals surface area (Å²) in [7, 11) is 1.47. The number of alkyl carbamates (subject to hydrolysis) is 1. The first-order valence-electron chi connectivity index (χ1n) is 12.9. The summed E-state index contributed by atoms with van der Waals surface area (Å²) in [6.45, 7) is 4.46. The highest BCUT2D eigenvalue weighted by Crippen LogP contribution is 2.29. The van der Waals surface area contributed by atoms with Gasteiger partial charge in [-0.25, -0.2) is 10.3 Å². The van der Waals surface area contributed by atoms with E-state index in [-0.39, 0.29) is 6.61 Å². The van der Waals surface area contributed by atoms with E-state index in [1.54, 1.807) is 39.0 Å². The summed E-state index contributed by atoms with van der Waals surface area (Å²) in [6, 6.07) is 10.9. The minimum Gasteiger partial charge on any atom is -0.493 e. The lowest BCUT2D eigenvalue weighted by atomic mass is 10.0. The number of hydroxylamine groups is 1. The number of rotatable bonds is 12. The van der Waals surface area contributed by atoms with Crippen LogP contribution in [0, 0.1) is 0 Å². The Kier molecular flexibility index (Phi) is 10.7. The fraction of sp³-hybridized carbons (Fsp3) is 0.345. The molecule has 2 atom stereocenters. The number of hydrogen-bond acceptors (Lipinski definition) is 8. The molecule has 6 N–H and O–H groups in total. The minimum absolute atomic E-state index is 0.0221. The van der Waals surface area contributed by atoms with Crippen LogP contribution in [-0.2, 0) is 20.7 Å². The van der Waals surface area contributed by atoms with Gasteiger partial charge in [-0.2, -0.15) is 0 Å². The van der Waals surface area contributed by atoms with Gasteiger partial charge in [0.2, 0.25) is 5.91 Å². The summed E-state index contributed by atoms with van der Waals surface area (Å²) in [6.07, 6.45) is 4.05. The Bertz CT molecular complexity index is 1380. The fourth-order valence-electron chi connectivity index (χ4n) is 3.97. The average molecular weight is 569 g/mol. The summed E-state index contributed by atoms with van der Waals surface area (Å²) >= 11 is 0. The van der Waals surface area contributed by atoms with Crippen molar-refractivity contribution in [2.75, 3.05) is 20.3 Å². The van der Waals surface area contributed by atoms with Crippen molar-refractivity contribution in [1.82, 2.24) is 21.1 Å². The molecule has 0 fully saturated rings. The quantitative estimate of drug-likeness (QED) is 0.110. The van der Waals surface area contributed by atoms with Gasteiger partial charge in [0.15, 0.2) is 11.5 Å². The van der Waals surface area contributed by atoms with E-state index in [9.17, 15) is 19.5 Å². The van der Waals surface area contributed by atoms with Gasteiger partial charge in [-0.15, -0.1) is 0 Å². The second-order valence-corrected chi connectivity index (χ2v) is 10.2. The number of carbonyl (C=O) groups excluding carboxylic acids is 3. The summed E-state index contributed by atoms with van der Waals surface area (Å²) in [5, 5.41) is 24.7. The number of aromatic amines is 1. The smallest absolute Gasteiger partial charge is 0.408 e. The van der Waals surface area contributed by atoms with Crippen molar-refractivity contribution in [2.24, 2.45) is 0 Å². The standard InChI is InChI=1S/C29H36N4O8/c1-29(2,3)41-28(37)32-23(16-34)27(36)31-20(14-19-15-30-22-8-6-5-7-21(19)22)17-40-24-11-9-18(13-25(24)39-4)10-12-26(35)33-38/h5-13,15,20,23,30,34,38H,14,16-17H2,1-4H3,(H,31,36)(H,32,37)(H,33,35)/b12-10+/t20-,23+/m0/s1. The molecule has 0 radical (unpaired) electrons. The molecule has 220 valence electrons. The summed E-state index contributed by atoms with van der Waals surface area (Å²) in [4.78, 5) is 39.8. The lowest BCUT2D eigenvalue weighted by Crippen LogP contribution is -2.53. The number of aliphatic hydroxyl groups is 1. The number of H-pyrrole nitrogens is 1. The highest BCUT2D eigenvalue weighted by atomic mass is 16.6. The van der Waals surface area contributed by atoms with Crippen LogP contribution >= 0.6 is 0 Å². The number of methoxy groups -OCH3 is 1. The normalized spacial score (nSPS) is 12.9. The lowest BCUT2D eigenvalue weighted by molar-refractivity contribution is -0.125. The van der Waals surface area contributed by atoms with E-state index in [1.807, 2.05) is 30.5 Å². The molecule has 41 heavy (non-hydrogen) atoms. The van der Waals surface area contributed by atoms with E-state index in [0.717, 1.165) is 22.5 Å². The molecule has 0 saturated carbocycles. The maximum absolute atomic E-state index is 13.1. The first-order chi connectivity index (χ1) is 19.5. The highest BCUT2D eigenvalue weighted by molar-refractivity contribution is 5.91. The van der Waals surface area contributed by atoms with E-state index >= 15 is 0 Å². The van der Waals surface area contributed by atoms with Crippen LogP contribution in [0.15, 0.2) is 54.7 Å². The maximum Gasteiger partial charge on any atom is 0.408 e. The number of aliphatic hydroxyl groups excluding tert-OH is 1. The molecule has 0 spiro atoms. The number of para-hydroxylation sites is 1. The molecule has 12 heteroatoms. The highest BCUT2D eigenvalue weighted by Gasteiger charge is 2.26. The predicted molar refractivity (Wildman–Crippen MR) is 152 cm³/mol. The van der Waals surface area contributed by atoms with Crippen LogP contribution in [0.25, 0.3) is 17.0 Å². The molecular formula is C29H36N4O8. The van der Waals surface area contributed by atoms with Crippen molar-refractivity contribution < 1.29 is 38.9 Å². The Morgan fingerprint density at radius 3 is 2.51 bits per heavy atom. The van der Waals surface area contributed by atoms with Crippen LogP contribution in [0.5, 0.6) is 11.5 Å². The van der Waals surface area contributed by atoms with Crippen molar-refractivity contribution in [3.8, 4) is 11.5 Å². The van der Waals surface area contributed by atoms with E-state index in [2.05, 4.69) is 15.6 Å². The van der Waals surface area contributed by atoms with E-state index in [4.69, 9.17) is 19.4 Å². The van der Waals surface area contributed by atoms with Crippen LogP contribution in [0.1, 0.15) is 31.9 Å². The molecule has 3 amide bonds. The first-order valence-corrected chi connectivity index (χ1v) is 12.9. The van der Waals surface area contributed by atoms with Gasteiger partial charge >= 0.3 is 6.09 Å². The van der Waals surface area contributed by atoms with Crippen molar-refractivity contribution in [3.05, 3.63) is 65.9 Å². The molecule has 0 bridgehead atoms. The summed E-state index contributed by atoms with van der Waals surface area (Å²) in [5.74, 6) is -0.516. The molecule has 0 unspecified atom stereocenters. The van der Waals surface area contributed by atoms with E-state index in [0.29, 0.717) is 23.5 Å². The summed E-state index contributed by atoms with van der Waals surface area (Å²) in [5.41, 5.74) is 3.24. The Morgan fingerprint density at radius 1 is 1.07 bits per heavy atom. The molecule has 0 saturated heterocycles. The van der Waals surface area contributed by atoms with Gasteiger partial charge in [-0.05, 0) is 62.6 Å². The second kappa shape index (κ2) is 14.2. The molecular weight excluding hydrogens is 532 g/mol. The van der Waals surface area contributed by atoms with Gasteiger partial charge in [-0.3, -0.25) is 14.8 Å². The molecule has 3 aromatic rings. The largest absolute Gasteiger partial charge is 0.493 e. The number of hydrogen-bond donors (Lipinski definition) is 6. The fourth-order valence-corrected chi connectivity index (χ4v) is 3.97. The third-order valence-corrected chi connectivity index (χ3v) is 5.84. The van der Waals surface area contributed by atoms with Crippen LogP contribution in [-0.4, -0.2) is 71.2 Å². The Balaban J connectivity index is 1.79. The van der Waals surface area contributed by atoms with Crippen LogP contribution in [0.4, 0.5) is 4.79 Å². The molecule has 1 aromatic heterocycles. The molecule has 2 aromatic carbocycles. The number of carbonyl (C=O) groups is 3. The minimum atomic E-state index is -1.24. The summed E-state index contributed by atoms with van der Waals surface area (Å²) < 4.78 is 16.7. The zero-order valence-corrected chi connectivity index (χ0v) is 23.4. The Hall–Kier alpha value is -4.55. The van der Waals surface area contributed by atoms with Crippen molar-refractivity contribution >= 4 is 34.9 Å². The van der Waals surface area contributed by atoms with Crippen LogP contribution < -0.4 is 25.6 Å². The third-order valence-electron chi connectivity index (χ3n) is 5.84. The number of ether oxygens (including phenoxy) is 3. The molecule has 12 nitrogen and oxygen atoms in total. The van der Waals surface area contributed by atoms with Crippen molar-refractivity contribution in [1.29, 1.82) is 0 Å². The zero-order valence-electron chi connectivity index (χ0n) is 23.4. The van der Waals surface area contributed by atoms with Gasteiger partial charge in [0.1, 0.15) is 18.2 Å². The van der Waals surface area contributed by atoms with Gasteiger partial charge in [-0.1, -0.05) is 24.3 Å². The van der Waals surface area contributed by atoms with Crippen LogP contribution in [0.3, 0.4) is 0 Å². The van der Waals surface area contributed by atoms with Gasteiger partial charge in [0.05, 0.1) is 19.8 Å². The average Bonchev–Trinajstić information content (AvgIpc) is 3.34. The maximum atomic E-state index is 13.1. The van der Waals surface area contributed by atoms with Crippen molar-refractivity contribution in [3.63, 3.8) is 0 Å². The number of fused-ring (bicyclic) bond motifs is 1. The van der Waals surface area contributed by atoms with Crippen molar-refractivity contribution in [2.45, 2.75) is 44.9 Å². The van der Waals surface area contributed by atoms with Gasteiger partial charge < -0.3 is 34.9 Å². The predicted octanol–water partition coefficient (Wildman–Crippen LogP) is 2.69. The molecule has 1 heterocycles. The number of benzene rings is 2. The van der Waals surface area contributed by atoms with Gasteiger partial charge in [0, 0.05) is 23.2 Å². The van der Waals surface area contributed by atoms with E-state index in [1.165, 1.54) is 18.7 Å². The molecule has 0 aliphatic heterocycles. The molecule has 0 aliphatic carbocycles. The number of nitrogens with one attached hydrogen (secondary N) is 4. The SMILES string of the molecule is COc1cc(/C=C/C(=O)NO)ccc1OC[C@H](Cc1c[nH]c2ccccc12)NC(=O)[C@@H](CO)NC(=O)OC(C)(C)C. The Labute approximate surface area is 237 Å². The number of aromatic nitrogens is 1.